The maximum absolute atomic E-state index is 10.8. The van der Waals surface area contributed by atoms with Gasteiger partial charge in [-0.1, -0.05) is 62.3 Å². The van der Waals surface area contributed by atoms with Gasteiger partial charge in [0.1, 0.15) is 0 Å². The molecule has 0 spiro atoms. The van der Waals surface area contributed by atoms with E-state index in [1.165, 1.54) is 0 Å². The fourth-order valence-corrected chi connectivity index (χ4v) is 11.7. The van der Waals surface area contributed by atoms with Crippen molar-refractivity contribution in [2.24, 2.45) is 0 Å². The summed E-state index contributed by atoms with van der Waals surface area (Å²) in [6.45, 7) is 21.3. The van der Waals surface area contributed by atoms with Crippen molar-refractivity contribution in [3.8, 4) is 0 Å². The molecule has 0 aromatic carbocycles. The van der Waals surface area contributed by atoms with Gasteiger partial charge in [0.15, 0.2) is 0 Å². The summed E-state index contributed by atoms with van der Waals surface area (Å²) in [5.74, 6) is 0. The zero-order valence-corrected chi connectivity index (χ0v) is 13.3. The lowest BCUT2D eigenvalue weighted by Gasteiger charge is -2.55. The number of hydrogen-bond acceptors (Lipinski definition) is 2. The predicted octanol–water partition coefficient (Wildman–Crippen LogP) is 4.42. The topological polar surface area (TPSA) is 26.3 Å². The molecular weight excluding hydrogens is 216 g/mol. The van der Waals surface area contributed by atoms with Crippen LogP contribution in [0, 0.1) is 0 Å². The van der Waals surface area contributed by atoms with E-state index in [2.05, 4.69) is 62.3 Å². The largest absolute Gasteiger partial charge is 0.509 e. The molecule has 0 aliphatic rings. The van der Waals surface area contributed by atoms with E-state index in [9.17, 15) is 4.79 Å². The van der Waals surface area contributed by atoms with Crippen LogP contribution in [0.2, 0.25) is 15.1 Å². The Kier molecular flexibility index (Phi) is 4.09. The van der Waals surface area contributed by atoms with Crippen molar-refractivity contribution < 1.29 is 9.22 Å². The minimum absolute atomic E-state index is 0.0130. The summed E-state index contributed by atoms with van der Waals surface area (Å²) in [5, 5.41) is -0.0390. The van der Waals surface area contributed by atoms with Crippen LogP contribution in [0.25, 0.3) is 0 Å². The molecule has 0 saturated heterocycles. The summed E-state index contributed by atoms with van der Waals surface area (Å²) in [6.07, 6.45) is 0. The zero-order chi connectivity index (χ0) is 13.4. The molecule has 0 heterocycles. The highest BCUT2D eigenvalue weighted by Crippen LogP contribution is 2.62. The van der Waals surface area contributed by atoms with Gasteiger partial charge >= 0.3 is 6.47 Å². The summed E-state index contributed by atoms with van der Waals surface area (Å²) in [6, 6.07) is 0. The van der Waals surface area contributed by atoms with Crippen LogP contribution in [0.1, 0.15) is 62.3 Å². The van der Waals surface area contributed by atoms with E-state index in [1.54, 1.807) is 6.47 Å². The molecule has 0 bridgehead atoms. The molecule has 0 saturated carbocycles. The molecule has 0 rings (SSSR count). The molecule has 0 unspecified atom stereocenters. The van der Waals surface area contributed by atoms with Gasteiger partial charge in [0.05, 0.1) is 0 Å². The molecule has 0 atom stereocenters. The van der Waals surface area contributed by atoms with Crippen LogP contribution in [-0.2, 0) is 9.22 Å². The van der Waals surface area contributed by atoms with Crippen LogP contribution in [0.5, 0.6) is 0 Å². The fraction of sp³-hybridized carbons (Fsp3) is 0.923. The third kappa shape index (κ3) is 2.34. The summed E-state index contributed by atoms with van der Waals surface area (Å²) in [4.78, 5) is 10.8. The Balaban J connectivity index is 5.92. The van der Waals surface area contributed by atoms with Crippen LogP contribution in [-0.4, -0.2) is 14.8 Å². The molecule has 3 heteroatoms. The Hall–Kier alpha value is -0.313. The second-order valence-electron chi connectivity index (χ2n) is 7.62. The second-order valence-corrected chi connectivity index (χ2v) is 13.7. The average Bonchev–Trinajstić information content (AvgIpc) is 1.91. The lowest BCUT2D eigenvalue weighted by atomic mass is 10.2. The van der Waals surface area contributed by atoms with Gasteiger partial charge in [0, 0.05) is 0 Å². The minimum Gasteiger partial charge on any atom is -0.509 e. The average molecular weight is 243 g/mol. The Bertz CT molecular complexity index is 215. The maximum atomic E-state index is 10.8. The zero-order valence-electron chi connectivity index (χ0n) is 12.3. The molecule has 2 nitrogen and oxygen atoms in total. The van der Waals surface area contributed by atoms with Crippen molar-refractivity contribution in [1.82, 2.24) is 0 Å². The van der Waals surface area contributed by atoms with Gasteiger partial charge in [-0.05, 0) is 15.1 Å². The van der Waals surface area contributed by atoms with Crippen LogP contribution >= 0.6 is 0 Å². The van der Waals surface area contributed by atoms with Crippen molar-refractivity contribution in [2.45, 2.75) is 77.4 Å². The lowest BCUT2D eigenvalue weighted by Crippen LogP contribution is -2.60. The quantitative estimate of drug-likeness (QED) is 0.671. The van der Waals surface area contributed by atoms with E-state index in [1.807, 2.05) is 0 Å². The van der Waals surface area contributed by atoms with Crippen LogP contribution in [0.15, 0.2) is 0 Å². The highest BCUT2D eigenvalue weighted by molar-refractivity contribution is 6.82. The third-order valence-corrected chi connectivity index (χ3v) is 10.1. The molecule has 0 amide bonds. The summed E-state index contributed by atoms with van der Waals surface area (Å²) < 4.78 is 5.66. The van der Waals surface area contributed by atoms with Crippen LogP contribution in [0.4, 0.5) is 0 Å². The Morgan fingerprint density at radius 3 is 1.06 bits per heavy atom. The van der Waals surface area contributed by atoms with E-state index in [4.69, 9.17) is 4.43 Å². The smallest absolute Gasteiger partial charge is 0.402 e. The standard InChI is InChI=1S/C13H27O2Si/c1-11(2,3)16(15-10-14,12(4,5)6)13(7,8)9/h1-9H3. The lowest BCUT2D eigenvalue weighted by molar-refractivity contribution is 0.341. The number of rotatable bonds is 2. The third-order valence-electron chi connectivity index (χ3n) is 3.36. The van der Waals surface area contributed by atoms with E-state index in [-0.39, 0.29) is 15.1 Å². The first kappa shape index (κ1) is 15.7. The van der Waals surface area contributed by atoms with E-state index in [0.717, 1.165) is 0 Å². The molecule has 0 aromatic rings. The summed E-state index contributed by atoms with van der Waals surface area (Å²) >= 11 is 0. The Morgan fingerprint density at radius 2 is 1.00 bits per heavy atom. The van der Waals surface area contributed by atoms with Gasteiger partial charge in [-0.25, -0.2) is 4.79 Å². The second kappa shape index (κ2) is 4.17. The summed E-state index contributed by atoms with van der Waals surface area (Å²) in [5.41, 5.74) is 0. The SMILES string of the molecule is CC(C)(C)[Si](O[C]=O)(C(C)(C)C)C(C)(C)C. The van der Waals surface area contributed by atoms with Crippen LogP contribution in [0.3, 0.4) is 0 Å². The van der Waals surface area contributed by atoms with Gasteiger partial charge in [0.2, 0.25) is 0 Å². The molecule has 1 radical (unpaired) electrons. The molecule has 16 heavy (non-hydrogen) atoms. The highest BCUT2D eigenvalue weighted by Gasteiger charge is 2.63. The monoisotopic (exact) mass is 243 g/mol. The summed E-state index contributed by atoms with van der Waals surface area (Å²) in [7, 11) is -2.32. The molecule has 0 aromatic heterocycles. The van der Waals surface area contributed by atoms with Crippen molar-refractivity contribution in [3.05, 3.63) is 0 Å². The first-order chi connectivity index (χ1) is 6.81. The maximum Gasteiger partial charge on any atom is 0.402 e. The van der Waals surface area contributed by atoms with Crippen molar-refractivity contribution in [2.75, 3.05) is 0 Å². The van der Waals surface area contributed by atoms with Crippen molar-refractivity contribution in [1.29, 1.82) is 0 Å². The van der Waals surface area contributed by atoms with E-state index >= 15 is 0 Å². The highest BCUT2D eigenvalue weighted by atomic mass is 28.4. The molecule has 0 N–H and O–H groups in total. The fourth-order valence-electron chi connectivity index (χ4n) is 3.90. The minimum atomic E-state index is -2.32. The van der Waals surface area contributed by atoms with Gasteiger partial charge in [-0.2, -0.15) is 0 Å². The predicted molar refractivity (Wildman–Crippen MR) is 71.7 cm³/mol. The number of carbonyl (C=O) groups excluding carboxylic acids is 1. The van der Waals surface area contributed by atoms with Crippen LogP contribution < -0.4 is 0 Å². The Morgan fingerprint density at radius 1 is 0.750 bits per heavy atom. The molecule has 95 valence electrons. The van der Waals surface area contributed by atoms with Gasteiger partial charge in [0.25, 0.3) is 8.32 Å². The molecule has 0 aliphatic carbocycles. The van der Waals surface area contributed by atoms with E-state index < -0.39 is 8.32 Å². The van der Waals surface area contributed by atoms with Gasteiger partial charge in [-0.15, -0.1) is 0 Å². The first-order valence-corrected chi connectivity index (χ1v) is 7.77. The van der Waals surface area contributed by atoms with Crippen molar-refractivity contribution >= 4 is 14.8 Å². The molecule has 0 fully saturated rings. The Labute approximate surface area is 102 Å². The normalized spacial score (nSPS) is 14.8. The number of hydrogen-bond donors (Lipinski definition) is 0. The molecular formula is C13H27O2Si. The first-order valence-electron chi connectivity index (χ1n) is 5.86. The van der Waals surface area contributed by atoms with E-state index in [0.29, 0.717) is 0 Å². The molecule has 0 aliphatic heterocycles. The van der Waals surface area contributed by atoms with Gasteiger partial charge in [-0.3, -0.25) is 0 Å². The van der Waals surface area contributed by atoms with Gasteiger partial charge < -0.3 is 4.43 Å². The van der Waals surface area contributed by atoms with Crippen molar-refractivity contribution in [3.63, 3.8) is 0 Å².